The van der Waals surface area contributed by atoms with E-state index in [1.807, 2.05) is 0 Å². The Bertz CT molecular complexity index is 587. The standard InChI is InChI=1S/C17H25NO3S/c1-22(20,21)13-15-8-10-16(11-9-15)17(19)18-12-4-7-14-5-2-3-6-14/h8-11,14H,2-7,12-13H2,1H3,(H,18,19). The molecule has 5 heteroatoms. The molecule has 4 nitrogen and oxygen atoms in total. The van der Waals surface area contributed by atoms with Crippen LogP contribution in [0.5, 0.6) is 0 Å². The molecule has 0 bridgehead atoms. The number of carbonyl (C=O) groups excluding carboxylic acids is 1. The van der Waals surface area contributed by atoms with Crippen molar-refractivity contribution < 1.29 is 13.2 Å². The zero-order valence-corrected chi connectivity index (χ0v) is 14.0. The van der Waals surface area contributed by atoms with Gasteiger partial charge in [-0.1, -0.05) is 37.8 Å². The highest BCUT2D eigenvalue weighted by molar-refractivity contribution is 7.89. The molecule has 0 aromatic heterocycles. The predicted octanol–water partition coefficient (Wildman–Crippen LogP) is 2.93. The number of hydrogen-bond donors (Lipinski definition) is 1. The van der Waals surface area contributed by atoms with Gasteiger partial charge in [-0.05, 0) is 36.5 Å². The summed E-state index contributed by atoms with van der Waals surface area (Å²) in [6, 6.07) is 6.78. The molecule has 1 aromatic carbocycles. The maximum atomic E-state index is 12.0. The quantitative estimate of drug-likeness (QED) is 0.785. The fraction of sp³-hybridized carbons (Fsp3) is 0.588. The lowest BCUT2D eigenvalue weighted by Crippen LogP contribution is -2.24. The summed E-state index contributed by atoms with van der Waals surface area (Å²) in [7, 11) is -3.04. The third-order valence-electron chi connectivity index (χ3n) is 4.19. The normalized spacial score (nSPS) is 15.9. The van der Waals surface area contributed by atoms with Gasteiger partial charge in [-0.15, -0.1) is 0 Å². The molecular formula is C17H25NO3S. The van der Waals surface area contributed by atoms with Gasteiger partial charge in [-0.25, -0.2) is 8.42 Å². The minimum atomic E-state index is -3.04. The Kier molecular flexibility index (Phi) is 6.00. The lowest BCUT2D eigenvalue weighted by molar-refractivity contribution is 0.0952. The topological polar surface area (TPSA) is 63.2 Å². The van der Waals surface area contributed by atoms with E-state index in [2.05, 4.69) is 5.32 Å². The molecule has 1 N–H and O–H groups in total. The van der Waals surface area contributed by atoms with Gasteiger partial charge >= 0.3 is 0 Å². The fourth-order valence-electron chi connectivity index (χ4n) is 3.05. The zero-order valence-electron chi connectivity index (χ0n) is 13.2. The van der Waals surface area contributed by atoms with Crippen LogP contribution in [0.4, 0.5) is 0 Å². The molecule has 0 spiro atoms. The van der Waals surface area contributed by atoms with E-state index in [9.17, 15) is 13.2 Å². The third-order valence-corrected chi connectivity index (χ3v) is 5.05. The van der Waals surface area contributed by atoms with E-state index in [1.165, 1.54) is 38.4 Å². The van der Waals surface area contributed by atoms with E-state index in [4.69, 9.17) is 0 Å². The van der Waals surface area contributed by atoms with Gasteiger partial charge < -0.3 is 5.32 Å². The van der Waals surface area contributed by atoms with Crippen molar-refractivity contribution in [1.82, 2.24) is 5.32 Å². The predicted molar refractivity (Wildman–Crippen MR) is 88.5 cm³/mol. The van der Waals surface area contributed by atoms with Crippen LogP contribution in [0.15, 0.2) is 24.3 Å². The van der Waals surface area contributed by atoms with Crippen LogP contribution in [0.3, 0.4) is 0 Å². The number of rotatable bonds is 7. The van der Waals surface area contributed by atoms with Crippen molar-refractivity contribution in [1.29, 1.82) is 0 Å². The van der Waals surface area contributed by atoms with Gasteiger partial charge in [0, 0.05) is 18.4 Å². The highest BCUT2D eigenvalue weighted by atomic mass is 32.2. The smallest absolute Gasteiger partial charge is 0.251 e. The lowest BCUT2D eigenvalue weighted by Gasteiger charge is -2.09. The highest BCUT2D eigenvalue weighted by Gasteiger charge is 2.14. The lowest BCUT2D eigenvalue weighted by atomic mass is 10.0. The summed E-state index contributed by atoms with van der Waals surface area (Å²) in [6.45, 7) is 0.709. The molecule has 122 valence electrons. The van der Waals surface area contributed by atoms with E-state index in [0.717, 1.165) is 12.3 Å². The molecule has 0 aliphatic heterocycles. The Morgan fingerprint density at radius 3 is 2.41 bits per heavy atom. The van der Waals surface area contributed by atoms with Gasteiger partial charge in [0.25, 0.3) is 5.91 Å². The first-order chi connectivity index (χ1) is 10.4. The van der Waals surface area contributed by atoms with Gasteiger partial charge in [0.2, 0.25) is 0 Å². The molecule has 0 saturated heterocycles. The van der Waals surface area contributed by atoms with Crippen LogP contribution < -0.4 is 5.32 Å². The Labute approximate surface area is 133 Å². The van der Waals surface area contributed by atoms with Crippen molar-refractivity contribution >= 4 is 15.7 Å². The first-order valence-electron chi connectivity index (χ1n) is 7.99. The van der Waals surface area contributed by atoms with Crippen molar-refractivity contribution in [2.45, 2.75) is 44.3 Å². The van der Waals surface area contributed by atoms with Crippen LogP contribution in [0.25, 0.3) is 0 Å². The molecule has 2 rings (SSSR count). The van der Waals surface area contributed by atoms with Crippen LogP contribution >= 0.6 is 0 Å². The van der Waals surface area contributed by atoms with Gasteiger partial charge in [0.05, 0.1) is 5.75 Å². The van der Waals surface area contributed by atoms with Crippen LogP contribution in [0.2, 0.25) is 0 Å². The molecular weight excluding hydrogens is 298 g/mol. The monoisotopic (exact) mass is 323 g/mol. The van der Waals surface area contributed by atoms with Gasteiger partial charge in [-0.2, -0.15) is 0 Å². The Morgan fingerprint density at radius 2 is 1.82 bits per heavy atom. The van der Waals surface area contributed by atoms with Gasteiger partial charge in [-0.3, -0.25) is 4.79 Å². The Morgan fingerprint density at radius 1 is 1.18 bits per heavy atom. The van der Waals surface area contributed by atoms with E-state index in [0.29, 0.717) is 17.7 Å². The van der Waals surface area contributed by atoms with Crippen molar-refractivity contribution in [3.8, 4) is 0 Å². The van der Waals surface area contributed by atoms with Crippen molar-refractivity contribution in [2.24, 2.45) is 5.92 Å². The second-order valence-corrected chi connectivity index (χ2v) is 8.46. The zero-order chi connectivity index (χ0) is 16.0. The first-order valence-corrected chi connectivity index (χ1v) is 10.0. The number of hydrogen-bond acceptors (Lipinski definition) is 3. The van der Waals surface area contributed by atoms with E-state index < -0.39 is 9.84 Å². The van der Waals surface area contributed by atoms with Gasteiger partial charge in [0.1, 0.15) is 0 Å². The molecule has 1 fully saturated rings. The summed E-state index contributed by atoms with van der Waals surface area (Å²) in [5.41, 5.74) is 1.29. The van der Waals surface area contributed by atoms with E-state index in [1.54, 1.807) is 24.3 Å². The number of nitrogens with one attached hydrogen (secondary N) is 1. The van der Waals surface area contributed by atoms with Crippen LogP contribution in [0.1, 0.15) is 54.4 Å². The summed E-state index contributed by atoms with van der Waals surface area (Å²) in [4.78, 5) is 12.0. The van der Waals surface area contributed by atoms with E-state index in [-0.39, 0.29) is 11.7 Å². The molecule has 1 aromatic rings. The van der Waals surface area contributed by atoms with Crippen LogP contribution in [-0.2, 0) is 15.6 Å². The van der Waals surface area contributed by atoms with Crippen LogP contribution in [0, 0.1) is 5.92 Å². The second kappa shape index (κ2) is 7.77. The molecule has 0 unspecified atom stereocenters. The second-order valence-electron chi connectivity index (χ2n) is 6.32. The minimum Gasteiger partial charge on any atom is -0.352 e. The number of amides is 1. The number of carbonyl (C=O) groups is 1. The Balaban J connectivity index is 1.74. The fourth-order valence-corrected chi connectivity index (χ4v) is 3.85. The van der Waals surface area contributed by atoms with Crippen LogP contribution in [-0.4, -0.2) is 27.1 Å². The Hall–Kier alpha value is -1.36. The number of sulfone groups is 1. The average molecular weight is 323 g/mol. The molecule has 0 atom stereocenters. The number of benzene rings is 1. The molecule has 0 heterocycles. The van der Waals surface area contributed by atoms with Crippen molar-refractivity contribution in [3.63, 3.8) is 0 Å². The first kappa shape index (κ1) is 17.0. The van der Waals surface area contributed by atoms with Gasteiger partial charge in [0.15, 0.2) is 9.84 Å². The SMILES string of the molecule is CS(=O)(=O)Cc1ccc(C(=O)NCCCC2CCCC2)cc1. The highest BCUT2D eigenvalue weighted by Crippen LogP contribution is 2.28. The molecule has 1 aliphatic carbocycles. The van der Waals surface area contributed by atoms with E-state index >= 15 is 0 Å². The maximum absolute atomic E-state index is 12.0. The molecule has 22 heavy (non-hydrogen) atoms. The van der Waals surface area contributed by atoms with Crippen molar-refractivity contribution in [2.75, 3.05) is 12.8 Å². The summed E-state index contributed by atoms with van der Waals surface area (Å²) in [5, 5.41) is 2.93. The summed E-state index contributed by atoms with van der Waals surface area (Å²) in [5.74, 6) is 0.778. The molecule has 0 radical (unpaired) electrons. The third kappa shape index (κ3) is 5.79. The maximum Gasteiger partial charge on any atom is 0.251 e. The summed E-state index contributed by atoms with van der Waals surface area (Å²) < 4.78 is 22.4. The molecule has 1 aliphatic rings. The van der Waals surface area contributed by atoms with Crippen molar-refractivity contribution in [3.05, 3.63) is 35.4 Å². The largest absolute Gasteiger partial charge is 0.352 e. The summed E-state index contributed by atoms with van der Waals surface area (Å²) >= 11 is 0. The summed E-state index contributed by atoms with van der Waals surface area (Å²) in [6.07, 6.45) is 8.84. The molecule has 1 amide bonds. The molecule has 1 saturated carbocycles. The average Bonchev–Trinajstić information content (AvgIpc) is 2.95. The minimum absolute atomic E-state index is 0.0102.